The van der Waals surface area contributed by atoms with Crippen LogP contribution in [0.5, 0.6) is 0 Å². The van der Waals surface area contributed by atoms with E-state index >= 15 is 0 Å². The maximum absolute atomic E-state index is 12.8. The largest absolute Gasteiger partial charge is 0 e. The molecule has 0 fully saturated rings. The quantitative estimate of drug-likeness (QED) is 0.131. The molecule has 7 heteroatoms. The van der Waals surface area contributed by atoms with E-state index in [0.717, 1.165) is 48.4 Å². The van der Waals surface area contributed by atoms with Crippen LogP contribution in [-0.4, -0.2) is 28.2 Å². The van der Waals surface area contributed by atoms with Gasteiger partial charge in [0.2, 0.25) is 0 Å². The van der Waals surface area contributed by atoms with Crippen LogP contribution >= 0.6 is 11.3 Å². The summed E-state index contributed by atoms with van der Waals surface area (Å²) in [6.45, 7) is 4.18. The average Bonchev–Trinajstić information content (AvgIpc) is 3.43. The predicted molar refractivity (Wildman–Crippen MR) is 195 cm³/mol. The molecule has 4 aromatic heterocycles. The van der Waals surface area contributed by atoms with Crippen molar-refractivity contribution in [3.05, 3.63) is 132 Å². The summed E-state index contributed by atoms with van der Waals surface area (Å²) in [6.07, 6.45) is 3.79. The van der Waals surface area contributed by atoms with E-state index in [4.69, 9.17) is 4.11 Å². The van der Waals surface area contributed by atoms with Gasteiger partial charge in [0.1, 0.15) is 4.83 Å². The van der Waals surface area contributed by atoms with E-state index in [1.54, 1.807) is 12.1 Å². The van der Waals surface area contributed by atoms with Crippen LogP contribution in [0.25, 0.3) is 53.9 Å². The minimum Gasteiger partial charge on any atom is 0 e. The number of hydrogen-bond acceptors (Lipinski definition) is 4. The van der Waals surface area contributed by atoms with Gasteiger partial charge in [-0.15, -0.1) is 23.8 Å². The first-order valence-electron chi connectivity index (χ1n) is 16.6. The molecule has 3 nitrogen and oxygen atoms in total. The second-order valence-electron chi connectivity index (χ2n) is 12.6. The fourth-order valence-corrected chi connectivity index (χ4v) is 9.08. The number of nitrogens with zero attached hydrogens (tertiary/aromatic N) is 3. The van der Waals surface area contributed by atoms with E-state index in [9.17, 15) is 4.39 Å². The van der Waals surface area contributed by atoms with Crippen LogP contribution in [0.2, 0.25) is 17.3 Å². The normalized spacial score (nSPS) is 12.4. The van der Waals surface area contributed by atoms with Gasteiger partial charge in [0.15, 0.2) is 0 Å². The molecule has 47 heavy (non-hydrogen) atoms. The van der Waals surface area contributed by atoms with E-state index in [1.165, 1.54) is 50.1 Å². The number of benzene rings is 3. The first-order valence-corrected chi connectivity index (χ1v) is 23.3. The summed E-state index contributed by atoms with van der Waals surface area (Å²) in [5, 5.41) is 1.99. The number of aryl methyl sites for hydroxylation is 4. The first-order chi connectivity index (χ1) is 23.2. The number of thiophene rings is 1. The van der Waals surface area contributed by atoms with Gasteiger partial charge in [-0.05, 0) is 77.8 Å². The number of pyridine rings is 3. The van der Waals surface area contributed by atoms with Crippen molar-refractivity contribution in [1.29, 1.82) is 0 Å². The number of halogens is 1. The van der Waals surface area contributed by atoms with Gasteiger partial charge in [0, 0.05) is 36.1 Å². The van der Waals surface area contributed by atoms with E-state index in [1.807, 2.05) is 42.7 Å². The standard InChI is InChI=1S/C26H21N2S.C14H15FGeN.Ir/c1-15-12-16(2)24(17(3)13-15)19-10-11-27-23(14-19)22-7-5-6-20-21-9-8-18(4)28-26(21)29-25(20)22;1-16(2,3)13-8-9-14(17-10-13)11-4-6-12(15)7-5-11;/h5-6,8-14H,1-4H3;4,6-10H,1-3H3;/q2*-1;/i4D3;;. The van der Waals surface area contributed by atoms with Crippen molar-refractivity contribution >= 4 is 49.3 Å². The summed E-state index contributed by atoms with van der Waals surface area (Å²) >= 11 is -0.296. The third-order valence-electron chi connectivity index (χ3n) is 7.96. The predicted octanol–water partition coefficient (Wildman–Crippen LogP) is 10.4. The number of fused-ring (bicyclic) bond motifs is 3. The molecule has 0 atom stereocenters. The van der Waals surface area contributed by atoms with Crippen LogP contribution in [0.1, 0.15) is 26.5 Å². The zero-order valence-electron chi connectivity index (χ0n) is 30.1. The molecule has 0 saturated carbocycles. The Balaban J connectivity index is 0.000000229. The molecule has 0 unspecified atom stereocenters. The molecule has 7 rings (SSSR count). The Morgan fingerprint density at radius 1 is 0.830 bits per heavy atom. The Labute approximate surface area is 301 Å². The van der Waals surface area contributed by atoms with Gasteiger partial charge in [-0.25, -0.2) is 4.98 Å². The van der Waals surface area contributed by atoms with Gasteiger partial charge in [-0.1, -0.05) is 35.2 Å². The van der Waals surface area contributed by atoms with Gasteiger partial charge < -0.3 is 4.98 Å². The van der Waals surface area contributed by atoms with Gasteiger partial charge in [0.25, 0.3) is 0 Å². The molecule has 239 valence electrons. The molecule has 0 aliphatic heterocycles. The van der Waals surface area contributed by atoms with Gasteiger partial charge >= 0.3 is 104 Å². The third kappa shape index (κ3) is 7.62. The Bertz CT molecular complexity index is 2280. The van der Waals surface area contributed by atoms with E-state index in [0.29, 0.717) is 0 Å². The van der Waals surface area contributed by atoms with Gasteiger partial charge in [-0.3, -0.25) is 0 Å². The maximum Gasteiger partial charge on any atom is 0 e. The Kier molecular flexibility index (Phi) is 9.35. The number of rotatable bonds is 4. The summed E-state index contributed by atoms with van der Waals surface area (Å²) in [7, 11) is 0. The van der Waals surface area contributed by atoms with Crippen LogP contribution in [0.4, 0.5) is 4.39 Å². The molecule has 4 heterocycles. The van der Waals surface area contributed by atoms with E-state index < -0.39 is 20.1 Å². The Hall–Kier alpha value is -3.55. The number of aromatic nitrogens is 3. The third-order valence-corrected chi connectivity index (χ3v) is 13.3. The van der Waals surface area contributed by atoms with Crippen molar-refractivity contribution in [2.24, 2.45) is 0 Å². The molecule has 0 N–H and O–H groups in total. The van der Waals surface area contributed by atoms with Crippen LogP contribution in [0.15, 0.2) is 91.3 Å². The average molecular weight is 878 g/mol. The zero-order chi connectivity index (χ0) is 35.1. The summed E-state index contributed by atoms with van der Waals surface area (Å²) < 4.78 is 38.2. The molecule has 0 saturated heterocycles. The second kappa shape index (κ2) is 14.3. The second-order valence-corrected chi connectivity index (χ2v) is 24.2. The van der Waals surface area contributed by atoms with E-state index in [-0.39, 0.29) is 31.6 Å². The van der Waals surface area contributed by atoms with Crippen molar-refractivity contribution in [3.8, 4) is 33.6 Å². The molecule has 7 aromatic rings. The SMILES string of the molecule is [2H]C([2H])([2H])c1ccc2c(n1)sc1c(-c3cc(-c4c(C)cc(C)cc4C)ccn3)[c-]ccc12.[CH3][Ge]([CH3])([CH3])[c]1ccc(-c2[c-]cc(F)cc2)nc1.[Ir]. The van der Waals surface area contributed by atoms with Crippen LogP contribution in [0.3, 0.4) is 0 Å². The molecule has 0 spiro atoms. The molecule has 0 amide bonds. The molecular weight excluding hydrogens is 838 g/mol. The monoisotopic (exact) mass is 879 g/mol. The van der Waals surface area contributed by atoms with E-state index in [2.05, 4.69) is 89.4 Å². The first kappa shape index (κ1) is 30.8. The molecule has 0 aliphatic rings. The molecule has 0 aliphatic carbocycles. The van der Waals surface area contributed by atoms with Crippen LogP contribution in [-0.2, 0) is 20.1 Å². The minimum atomic E-state index is -2.22. The molecular formula is C40H36FGeIrN3S-2. The molecule has 0 bridgehead atoms. The fourth-order valence-electron chi connectivity index (χ4n) is 5.73. The summed E-state index contributed by atoms with van der Waals surface area (Å²) in [6, 6.07) is 30.8. The Morgan fingerprint density at radius 2 is 1.62 bits per heavy atom. The van der Waals surface area contributed by atoms with Crippen molar-refractivity contribution in [3.63, 3.8) is 0 Å². The molecule has 3 aromatic carbocycles. The van der Waals surface area contributed by atoms with Gasteiger partial charge in [-0.2, -0.15) is 11.3 Å². The van der Waals surface area contributed by atoms with Gasteiger partial charge in [0.05, 0.1) is 0 Å². The minimum absolute atomic E-state index is 0. The summed E-state index contributed by atoms with van der Waals surface area (Å²) in [4.78, 5) is 14.2. The smallest absolute Gasteiger partial charge is 0 e. The molecule has 1 radical (unpaired) electrons. The van der Waals surface area contributed by atoms with Crippen molar-refractivity contribution in [1.82, 2.24) is 15.0 Å². The van der Waals surface area contributed by atoms with Crippen LogP contribution < -0.4 is 4.40 Å². The van der Waals surface area contributed by atoms with Crippen molar-refractivity contribution < 1.29 is 28.6 Å². The summed E-state index contributed by atoms with van der Waals surface area (Å²) in [5.41, 5.74) is 9.64. The van der Waals surface area contributed by atoms with Crippen LogP contribution in [0, 0.1) is 45.6 Å². The van der Waals surface area contributed by atoms with Crippen molar-refractivity contribution in [2.75, 3.05) is 0 Å². The number of hydrogen-bond donors (Lipinski definition) is 0. The Morgan fingerprint density at radius 3 is 2.28 bits per heavy atom. The fraction of sp³-hybridized carbons (Fsp3) is 0.175. The topological polar surface area (TPSA) is 38.7 Å². The van der Waals surface area contributed by atoms with Crippen molar-refractivity contribution in [2.45, 2.75) is 44.9 Å². The summed E-state index contributed by atoms with van der Waals surface area (Å²) in [5.74, 6) is 6.73. The maximum atomic E-state index is 12.8. The zero-order valence-corrected chi connectivity index (χ0v) is 32.4.